The molecule has 0 saturated heterocycles. The van der Waals surface area contributed by atoms with Crippen molar-refractivity contribution in [2.24, 2.45) is 0 Å². The third kappa shape index (κ3) is 2.98. The summed E-state index contributed by atoms with van der Waals surface area (Å²) in [4.78, 5) is 1.33. The molecule has 18 heavy (non-hydrogen) atoms. The maximum atomic E-state index is 8.91. The lowest BCUT2D eigenvalue weighted by molar-refractivity contribution is 0.500. The lowest BCUT2D eigenvalue weighted by Gasteiger charge is -2.19. The summed E-state index contributed by atoms with van der Waals surface area (Å²) in [5, 5.41) is 14.5. The largest absolute Gasteiger partial charge is 0.303 e. The number of hydrogen-bond donors (Lipinski definition) is 1. The van der Waals surface area contributed by atoms with Crippen LogP contribution < -0.4 is 5.32 Å². The highest BCUT2D eigenvalue weighted by Gasteiger charge is 2.11. The van der Waals surface area contributed by atoms with E-state index in [2.05, 4.69) is 48.8 Å². The molecular formula is C15H16N2S. The molecular weight excluding hydrogens is 240 g/mol. The highest BCUT2D eigenvalue weighted by atomic mass is 32.1. The van der Waals surface area contributed by atoms with Gasteiger partial charge in [0.1, 0.15) is 0 Å². The first kappa shape index (κ1) is 12.8. The highest BCUT2D eigenvalue weighted by Crippen LogP contribution is 2.22. The summed E-state index contributed by atoms with van der Waals surface area (Å²) in [6, 6.07) is 14.7. The third-order valence-electron chi connectivity index (χ3n) is 2.99. The molecule has 2 nitrogen and oxygen atoms in total. The minimum absolute atomic E-state index is 0.232. The second kappa shape index (κ2) is 5.81. The first-order chi connectivity index (χ1) is 8.70. The van der Waals surface area contributed by atoms with Crippen molar-refractivity contribution < 1.29 is 0 Å². The van der Waals surface area contributed by atoms with E-state index in [-0.39, 0.29) is 6.04 Å². The van der Waals surface area contributed by atoms with Gasteiger partial charge < -0.3 is 5.32 Å². The molecule has 1 unspecified atom stereocenters. The van der Waals surface area contributed by atoms with Crippen LogP contribution in [0, 0.1) is 11.3 Å². The SMILES string of the molecule is CC(N[C@H](C)c1cccs1)c1cccc(C#N)c1. The van der Waals surface area contributed by atoms with Crippen LogP contribution in [0.1, 0.15) is 41.9 Å². The van der Waals surface area contributed by atoms with Crippen molar-refractivity contribution in [1.29, 1.82) is 5.26 Å². The molecule has 2 atom stereocenters. The van der Waals surface area contributed by atoms with Crippen LogP contribution in [-0.4, -0.2) is 0 Å². The van der Waals surface area contributed by atoms with Gasteiger partial charge >= 0.3 is 0 Å². The van der Waals surface area contributed by atoms with E-state index in [4.69, 9.17) is 5.26 Å². The molecule has 1 aromatic heterocycles. The lowest BCUT2D eigenvalue weighted by Crippen LogP contribution is -2.21. The maximum absolute atomic E-state index is 8.91. The fraction of sp³-hybridized carbons (Fsp3) is 0.267. The van der Waals surface area contributed by atoms with E-state index >= 15 is 0 Å². The summed E-state index contributed by atoms with van der Waals surface area (Å²) in [6.07, 6.45) is 0. The van der Waals surface area contributed by atoms with Crippen molar-refractivity contribution in [2.45, 2.75) is 25.9 Å². The topological polar surface area (TPSA) is 35.8 Å². The van der Waals surface area contributed by atoms with Gasteiger partial charge in [0.05, 0.1) is 11.6 Å². The Bertz CT molecular complexity index is 540. The molecule has 3 heteroatoms. The predicted octanol–water partition coefficient (Wildman–Crippen LogP) is 4.03. The van der Waals surface area contributed by atoms with Gasteiger partial charge in [-0.05, 0) is 43.0 Å². The fourth-order valence-electron chi connectivity index (χ4n) is 1.97. The van der Waals surface area contributed by atoms with E-state index in [1.165, 1.54) is 4.88 Å². The highest BCUT2D eigenvalue weighted by molar-refractivity contribution is 7.10. The van der Waals surface area contributed by atoms with Crippen molar-refractivity contribution in [3.63, 3.8) is 0 Å². The van der Waals surface area contributed by atoms with Gasteiger partial charge in [-0.3, -0.25) is 0 Å². The number of rotatable bonds is 4. The molecule has 0 aliphatic carbocycles. The Labute approximate surface area is 112 Å². The van der Waals surface area contributed by atoms with Gasteiger partial charge in [-0.2, -0.15) is 5.26 Å². The number of hydrogen-bond acceptors (Lipinski definition) is 3. The average Bonchev–Trinajstić information content (AvgIpc) is 2.92. The zero-order chi connectivity index (χ0) is 13.0. The second-order valence-electron chi connectivity index (χ2n) is 4.36. The van der Waals surface area contributed by atoms with E-state index in [1.54, 1.807) is 11.3 Å². The number of nitrogens with zero attached hydrogens (tertiary/aromatic N) is 1. The van der Waals surface area contributed by atoms with Crippen LogP contribution in [0.5, 0.6) is 0 Å². The first-order valence-corrected chi connectivity index (χ1v) is 6.88. The van der Waals surface area contributed by atoms with Gasteiger partial charge in [-0.1, -0.05) is 18.2 Å². The first-order valence-electron chi connectivity index (χ1n) is 6.00. The molecule has 0 aliphatic rings. The van der Waals surface area contributed by atoms with E-state index in [9.17, 15) is 0 Å². The van der Waals surface area contributed by atoms with Crippen molar-refractivity contribution >= 4 is 11.3 Å². The minimum atomic E-state index is 0.232. The molecule has 2 aromatic rings. The molecule has 1 heterocycles. The molecule has 0 amide bonds. The quantitative estimate of drug-likeness (QED) is 0.896. The average molecular weight is 256 g/mol. The minimum Gasteiger partial charge on any atom is -0.303 e. The fourth-order valence-corrected chi connectivity index (χ4v) is 2.71. The van der Waals surface area contributed by atoms with Crippen molar-refractivity contribution in [3.8, 4) is 6.07 Å². The van der Waals surface area contributed by atoms with Gasteiger partial charge in [0.2, 0.25) is 0 Å². The summed E-state index contributed by atoms with van der Waals surface area (Å²) in [7, 11) is 0. The molecule has 0 saturated carbocycles. The standard InChI is InChI=1S/C15H16N2S/c1-11(14-6-3-5-13(9-14)10-16)17-12(2)15-7-4-8-18-15/h3-9,11-12,17H,1-2H3/t11?,12-/m1/s1. The lowest BCUT2D eigenvalue weighted by atomic mass is 10.0. The van der Waals surface area contributed by atoms with Crippen LogP contribution in [0.25, 0.3) is 0 Å². The Morgan fingerprint density at radius 2 is 2.00 bits per heavy atom. The third-order valence-corrected chi connectivity index (χ3v) is 4.04. The summed E-state index contributed by atoms with van der Waals surface area (Å²) in [5.41, 5.74) is 1.86. The summed E-state index contributed by atoms with van der Waals surface area (Å²) in [6.45, 7) is 4.29. The monoisotopic (exact) mass is 256 g/mol. The summed E-state index contributed by atoms with van der Waals surface area (Å²) in [5.74, 6) is 0. The Balaban J connectivity index is 2.07. The van der Waals surface area contributed by atoms with Gasteiger partial charge in [0.25, 0.3) is 0 Å². The molecule has 2 rings (SSSR count). The molecule has 0 radical (unpaired) electrons. The van der Waals surface area contributed by atoms with Gasteiger partial charge in [0, 0.05) is 17.0 Å². The van der Waals surface area contributed by atoms with E-state index in [0.29, 0.717) is 11.6 Å². The zero-order valence-corrected chi connectivity index (χ0v) is 11.4. The van der Waals surface area contributed by atoms with E-state index in [0.717, 1.165) is 5.56 Å². The molecule has 0 spiro atoms. The number of thiophene rings is 1. The van der Waals surface area contributed by atoms with Crippen LogP contribution in [0.3, 0.4) is 0 Å². The number of nitriles is 1. The number of nitrogens with one attached hydrogen (secondary N) is 1. The van der Waals surface area contributed by atoms with Gasteiger partial charge in [-0.15, -0.1) is 11.3 Å². The van der Waals surface area contributed by atoms with Crippen molar-refractivity contribution in [1.82, 2.24) is 5.32 Å². The van der Waals surface area contributed by atoms with Crippen LogP contribution in [-0.2, 0) is 0 Å². The normalized spacial score (nSPS) is 13.8. The maximum Gasteiger partial charge on any atom is 0.0991 e. The van der Waals surface area contributed by atoms with Crippen LogP contribution in [0.4, 0.5) is 0 Å². The van der Waals surface area contributed by atoms with Crippen LogP contribution >= 0.6 is 11.3 Å². The second-order valence-corrected chi connectivity index (χ2v) is 5.34. The Kier molecular flexibility index (Phi) is 4.14. The number of benzene rings is 1. The molecule has 1 N–H and O–H groups in total. The van der Waals surface area contributed by atoms with E-state index < -0.39 is 0 Å². The Hall–Kier alpha value is -1.63. The predicted molar refractivity (Wildman–Crippen MR) is 75.4 cm³/mol. The summed E-state index contributed by atoms with van der Waals surface area (Å²) < 4.78 is 0. The molecule has 0 aliphatic heterocycles. The van der Waals surface area contributed by atoms with E-state index in [1.807, 2.05) is 18.2 Å². The molecule has 1 aromatic carbocycles. The van der Waals surface area contributed by atoms with Gasteiger partial charge in [-0.25, -0.2) is 0 Å². The molecule has 0 bridgehead atoms. The van der Waals surface area contributed by atoms with Crippen molar-refractivity contribution in [2.75, 3.05) is 0 Å². The van der Waals surface area contributed by atoms with Crippen molar-refractivity contribution in [3.05, 3.63) is 57.8 Å². The smallest absolute Gasteiger partial charge is 0.0991 e. The van der Waals surface area contributed by atoms with Gasteiger partial charge in [0.15, 0.2) is 0 Å². The van der Waals surface area contributed by atoms with Crippen LogP contribution in [0.2, 0.25) is 0 Å². The zero-order valence-electron chi connectivity index (χ0n) is 10.6. The molecule has 0 fully saturated rings. The Morgan fingerprint density at radius 3 is 2.67 bits per heavy atom. The summed E-state index contributed by atoms with van der Waals surface area (Å²) >= 11 is 1.76. The Morgan fingerprint density at radius 1 is 1.17 bits per heavy atom. The van der Waals surface area contributed by atoms with Crippen LogP contribution in [0.15, 0.2) is 41.8 Å². The molecule has 92 valence electrons.